The van der Waals surface area contributed by atoms with E-state index in [2.05, 4.69) is 4.52 Å². The summed E-state index contributed by atoms with van der Waals surface area (Å²) >= 11 is 0. The number of aromatic nitrogens is 1. The normalized spacial score (nSPS) is 25.6. The Morgan fingerprint density at radius 3 is 2.35 bits per heavy atom. The van der Waals surface area contributed by atoms with Crippen LogP contribution in [0.3, 0.4) is 0 Å². The van der Waals surface area contributed by atoms with Crippen LogP contribution in [0, 0.1) is 0 Å². The van der Waals surface area contributed by atoms with Gasteiger partial charge in [0.2, 0.25) is 0 Å². The van der Waals surface area contributed by atoms with Gasteiger partial charge in [0.05, 0.1) is 13.0 Å². The van der Waals surface area contributed by atoms with Crippen molar-refractivity contribution in [2.45, 2.75) is 37.0 Å². The van der Waals surface area contributed by atoms with Crippen molar-refractivity contribution in [3.05, 3.63) is 30.1 Å². The van der Waals surface area contributed by atoms with Crippen LogP contribution in [0.1, 0.15) is 23.0 Å². The third-order valence-electron chi connectivity index (χ3n) is 3.85. The average Bonchev–Trinajstić information content (AvgIpc) is 2.94. The van der Waals surface area contributed by atoms with Crippen molar-refractivity contribution < 1.29 is 63.0 Å². The van der Waals surface area contributed by atoms with E-state index in [1.165, 1.54) is 29.1 Å². The van der Waals surface area contributed by atoms with Gasteiger partial charge in [-0.05, 0) is 6.07 Å². The molecule has 1 aromatic heterocycles. The summed E-state index contributed by atoms with van der Waals surface area (Å²) < 4.78 is 21.3. The highest BCUT2D eigenvalue weighted by molar-refractivity contribution is 7.44. The maximum atomic E-state index is 11.1. The summed E-state index contributed by atoms with van der Waals surface area (Å²) in [4.78, 5) is 49.8. The molecule has 1 saturated heterocycles. The fourth-order valence-electron chi connectivity index (χ4n) is 2.35. The molecule has 1 fully saturated rings. The second-order valence-corrected chi connectivity index (χ2v) is 7.45. The van der Waals surface area contributed by atoms with Crippen molar-refractivity contribution in [2.24, 2.45) is 11.5 Å². The van der Waals surface area contributed by atoms with Gasteiger partial charge in [0.15, 0.2) is 18.5 Å². The predicted molar refractivity (Wildman–Crippen MR) is 94.7 cm³/mol. The first-order valence-corrected chi connectivity index (χ1v) is 9.93. The zero-order chi connectivity index (χ0) is 23.9. The number of aliphatic hydroxyl groups is 2. The maximum absolute atomic E-state index is 11.1. The summed E-state index contributed by atoms with van der Waals surface area (Å²) in [5.41, 5.74) is 10.1. The lowest BCUT2D eigenvalue weighted by molar-refractivity contribution is -0.765. The van der Waals surface area contributed by atoms with E-state index in [9.17, 15) is 34.1 Å². The molecule has 0 aromatic carbocycles. The summed E-state index contributed by atoms with van der Waals surface area (Å²) in [6.07, 6.45) is -2.84. The van der Waals surface area contributed by atoms with E-state index in [1.54, 1.807) is 0 Å². The Morgan fingerprint density at radius 1 is 1.29 bits per heavy atom. The number of nitrogens with zero attached hydrogens (tertiary/aromatic N) is 1. The second-order valence-electron chi connectivity index (χ2n) is 6.26. The number of phosphoric acid groups is 1. The zero-order valence-corrected chi connectivity index (χ0v) is 16.6. The van der Waals surface area contributed by atoms with E-state index in [-0.39, 0.29) is 5.56 Å². The summed E-state index contributed by atoms with van der Waals surface area (Å²) in [5.74, 6) is -3.18. The van der Waals surface area contributed by atoms with Crippen LogP contribution < -0.4 is 20.9 Å². The molecule has 6 atom stereocenters. The van der Waals surface area contributed by atoms with Gasteiger partial charge in [-0.1, -0.05) is 0 Å². The largest absolute Gasteiger partial charge is 0.756 e. The molecule has 15 nitrogen and oxygen atoms in total. The lowest BCUT2D eigenvalue weighted by atomic mass is 10.1. The van der Waals surface area contributed by atoms with Crippen LogP contribution in [-0.4, -0.2) is 74.1 Å². The lowest BCUT2D eigenvalue weighted by Crippen LogP contribution is -2.46. The number of primary amides is 1. The number of carboxylic acid groups (broad SMARTS) is 2. The number of nitrogens with two attached hydrogens (primary N) is 2. The average molecular weight is 467 g/mol. The Labute approximate surface area is 174 Å². The van der Waals surface area contributed by atoms with Crippen LogP contribution in [0.4, 0.5) is 0 Å². The zero-order valence-electron chi connectivity index (χ0n) is 15.8. The minimum absolute atomic E-state index is 0.159. The number of rotatable bonds is 8. The molecule has 0 radical (unpaired) electrons. The summed E-state index contributed by atoms with van der Waals surface area (Å²) in [6, 6.07) is 1.66. The molecular formula is C15H22N3O12P. The molecule has 1 aliphatic heterocycles. The van der Waals surface area contributed by atoms with Gasteiger partial charge in [0, 0.05) is 6.07 Å². The van der Waals surface area contributed by atoms with Crippen LogP contribution in [0.25, 0.3) is 0 Å². The van der Waals surface area contributed by atoms with E-state index >= 15 is 0 Å². The SMILES string of the molecule is NC(=O)c1ccc[n+]([C@@H]2O[C@H](COP(=O)([O-])O)[C@@H](O)[C@H]2O)c1.NC(CC(=O)O)C(=O)O. The van der Waals surface area contributed by atoms with Crippen LogP contribution >= 0.6 is 7.82 Å². The Morgan fingerprint density at radius 2 is 1.90 bits per heavy atom. The summed E-state index contributed by atoms with van der Waals surface area (Å²) in [7, 11) is -4.97. The molecular weight excluding hydrogens is 445 g/mol. The number of amides is 1. The molecule has 0 aliphatic carbocycles. The van der Waals surface area contributed by atoms with Crippen molar-refractivity contribution in [1.29, 1.82) is 0 Å². The number of carbonyl (C=O) groups excluding carboxylic acids is 1. The molecule has 31 heavy (non-hydrogen) atoms. The third kappa shape index (κ3) is 8.64. The second kappa shape index (κ2) is 11.2. The van der Waals surface area contributed by atoms with E-state index in [4.69, 9.17) is 31.3 Å². The molecule has 174 valence electrons. The number of hydrogen-bond acceptors (Lipinski definition) is 10. The van der Waals surface area contributed by atoms with Gasteiger partial charge < -0.3 is 50.9 Å². The Hall–Kier alpha value is -2.49. The molecule has 0 saturated carbocycles. The molecule has 16 heteroatoms. The van der Waals surface area contributed by atoms with Crippen molar-refractivity contribution in [3.63, 3.8) is 0 Å². The lowest BCUT2D eigenvalue weighted by Gasteiger charge is -2.19. The molecule has 1 aliphatic rings. The molecule has 0 bridgehead atoms. The molecule has 9 N–H and O–H groups in total. The quantitative estimate of drug-likeness (QED) is 0.142. The molecule has 2 rings (SSSR count). The highest BCUT2D eigenvalue weighted by Crippen LogP contribution is 2.33. The first-order valence-electron chi connectivity index (χ1n) is 8.43. The van der Waals surface area contributed by atoms with Crippen LogP contribution in [0.15, 0.2) is 24.5 Å². The monoisotopic (exact) mass is 467 g/mol. The fraction of sp³-hybridized carbons (Fsp3) is 0.467. The first-order chi connectivity index (χ1) is 14.2. The van der Waals surface area contributed by atoms with Crippen molar-refractivity contribution in [1.82, 2.24) is 0 Å². The number of aliphatic hydroxyl groups excluding tert-OH is 2. The van der Waals surface area contributed by atoms with Crippen molar-refractivity contribution in [3.8, 4) is 0 Å². The minimum Gasteiger partial charge on any atom is -0.756 e. The van der Waals surface area contributed by atoms with Crippen molar-refractivity contribution in [2.75, 3.05) is 6.61 Å². The number of hydrogen-bond donors (Lipinski definition) is 7. The van der Waals surface area contributed by atoms with E-state index in [0.717, 1.165) is 0 Å². The van der Waals surface area contributed by atoms with Gasteiger partial charge >= 0.3 is 11.9 Å². The third-order valence-corrected chi connectivity index (χ3v) is 4.33. The van der Waals surface area contributed by atoms with Crippen LogP contribution in [0.5, 0.6) is 0 Å². The minimum atomic E-state index is -4.97. The number of phosphoric ester groups is 1. The van der Waals surface area contributed by atoms with Gasteiger partial charge in [-0.25, -0.2) is 0 Å². The number of ether oxygens (including phenoxy) is 1. The molecule has 0 spiro atoms. The number of aliphatic carboxylic acids is 2. The Balaban J connectivity index is 0.000000452. The smallest absolute Gasteiger partial charge is 0.321 e. The predicted octanol–water partition coefficient (Wildman–Crippen LogP) is -3.96. The maximum Gasteiger partial charge on any atom is 0.321 e. The number of carboxylic acids is 2. The topological polar surface area (TPSA) is 267 Å². The molecule has 2 heterocycles. The van der Waals surface area contributed by atoms with E-state index in [0.29, 0.717) is 0 Å². The standard InChI is InChI=1S/C11H15N2O8P.C4H7NO4/c12-10(16)6-2-1-3-13(4-6)11-9(15)8(14)7(21-11)5-20-22(17,18)19;5-2(4(8)9)1-3(6)7/h1-4,7-9,11,14-15H,5H2,(H3-,12,16,17,18,19);2H,1,5H2,(H,6,7)(H,8,9)/t7-,8-,9-,11-;/m1./s1. The van der Waals surface area contributed by atoms with Gasteiger partial charge in [-0.3, -0.25) is 18.9 Å². The van der Waals surface area contributed by atoms with Gasteiger partial charge in [-0.2, -0.15) is 4.57 Å². The summed E-state index contributed by atoms with van der Waals surface area (Å²) in [6.45, 7) is -0.665. The number of pyridine rings is 1. The number of carbonyl (C=O) groups is 3. The van der Waals surface area contributed by atoms with E-state index in [1.807, 2.05) is 0 Å². The fourth-order valence-corrected chi connectivity index (χ4v) is 2.69. The molecule has 1 aromatic rings. The first kappa shape index (κ1) is 26.5. The van der Waals surface area contributed by atoms with Gasteiger partial charge in [-0.15, -0.1) is 0 Å². The van der Waals surface area contributed by atoms with Crippen molar-refractivity contribution >= 4 is 25.7 Å². The Kier molecular flexibility index (Phi) is 9.61. The highest BCUT2D eigenvalue weighted by atomic mass is 31.2. The highest BCUT2D eigenvalue weighted by Gasteiger charge is 2.48. The molecule has 2 unspecified atom stereocenters. The Bertz CT molecular complexity index is 846. The van der Waals surface area contributed by atoms with Crippen LogP contribution in [-0.2, 0) is 23.4 Å². The van der Waals surface area contributed by atoms with Gasteiger partial charge in [0.1, 0.15) is 23.8 Å². The van der Waals surface area contributed by atoms with Gasteiger partial charge in [0.25, 0.3) is 20.0 Å². The summed E-state index contributed by atoms with van der Waals surface area (Å²) in [5, 5.41) is 35.8. The van der Waals surface area contributed by atoms with Crippen LogP contribution in [0.2, 0.25) is 0 Å². The molecule has 1 amide bonds. The van der Waals surface area contributed by atoms with E-state index < -0.39 is 69.3 Å².